The quantitative estimate of drug-likeness (QED) is 0.253. The van der Waals surface area contributed by atoms with Crippen molar-refractivity contribution in [2.75, 3.05) is 31.2 Å². The minimum Gasteiger partial charge on any atom is -0.495 e. The molecule has 0 spiro atoms. The average molecular weight is 540 g/mol. The number of carbonyl (C=O) groups excluding carboxylic acids is 1. The van der Waals surface area contributed by atoms with E-state index in [2.05, 4.69) is 10.5 Å². The largest absolute Gasteiger partial charge is 0.495 e. The van der Waals surface area contributed by atoms with Crippen LogP contribution >= 0.6 is 0 Å². The third-order valence-corrected chi connectivity index (χ3v) is 7.16. The van der Waals surface area contributed by atoms with Crippen molar-refractivity contribution in [2.45, 2.75) is 32.1 Å². The fraction of sp³-hybridized carbons (Fsp3) is 0.286. The lowest BCUT2D eigenvalue weighted by atomic mass is 10.2. The smallest absolute Gasteiger partial charge is 0.264 e. The summed E-state index contributed by atoms with van der Waals surface area (Å²) < 4.78 is 44.9. The van der Waals surface area contributed by atoms with Gasteiger partial charge in [0.15, 0.2) is 11.5 Å². The number of rotatable bonds is 13. The summed E-state index contributed by atoms with van der Waals surface area (Å²) in [5.74, 6) is 0.885. The van der Waals surface area contributed by atoms with Crippen molar-refractivity contribution in [1.82, 2.24) is 5.43 Å². The summed E-state index contributed by atoms with van der Waals surface area (Å²) >= 11 is 0. The number of hydrogen-bond acceptors (Lipinski definition) is 7. The van der Waals surface area contributed by atoms with E-state index in [1.807, 2.05) is 20.8 Å². The second kappa shape index (κ2) is 13.5. The molecule has 0 aliphatic carbocycles. The molecule has 0 saturated carbocycles. The van der Waals surface area contributed by atoms with E-state index >= 15 is 0 Å². The standard InChI is InChI=1S/C28H33N3O6S/c1-5-17-37-26-16-13-22(18-27(26)36-6-2)19-29-30-28(32)20-31(24-9-7-8-10-25(24)35-4)38(33,34)23-14-11-21(3)12-15-23/h7-16,18-19H,5-6,17,20H2,1-4H3,(H,30,32)/b29-19-. The first-order chi connectivity index (χ1) is 18.3. The maximum absolute atomic E-state index is 13.6. The van der Waals surface area contributed by atoms with Crippen LogP contribution in [0.3, 0.4) is 0 Å². The predicted octanol–water partition coefficient (Wildman–Crippen LogP) is 4.54. The fourth-order valence-corrected chi connectivity index (χ4v) is 4.95. The van der Waals surface area contributed by atoms with Gasteiger partial charge >= 0.3 is 0 Å². The molecule has 3 rings (SSSR count). The summed E-state index contributed by atoms with van der Waals surface area (Å²) in [5, 5.41) is 4.02. The van der Waals surface area contributed by atoms with Crippen molar-refractivity contribution in [3.05, 3.63) is 77.9 Å². The van der Waals surface area contributed by atoms with E-state index < -0.39 is 22.5 Å². The molecule has 0 bridgehead atoms. The van der Waals surface area contributed by atoms with Gasteiger partial charge in [0.2, 0.25) is 0 Å². The number of hydrogen-bond donors (Lipinski definition) is 1. The normalized spacial score (nSPS) is 11.3. The number of methoxy groups -OCH3 is 1. The molecule has 0 aliphatic heterocycles. The van der Waals surface area contributed by atoms with Crippen LogP contribution in [0.5, 0.6) is 17.2 Å². The molecular weight excluding hydrogens is 506 g/mol. The Morgan fingerprint density at radius 3 is 2.39 bits per heavy atom. The summed E-state index contributed by atoms with van der Waals surface area (Å²) in [6.07, 6.45) is 2.32. The zero-order valence-corrected chi connectivity index (χ0v) is 22.8. The zero-order valence-electron chi connectivity index (χ0n) is 22.0. The van der Waals surface area contributed by atoms with E-state index in [0.717, 1.165) is 16.3 Å². The first kappa shape index (κ1) is 28.5. The van der Waals surface area contributed by atoms with Gasteiger partial charge in [-0.2, -0.15) is 5.10 Å². The Labute approximate surface area is 224 Å². The van der Waals surface area contributed by atoms with Crippen LogP contribution in [0.25, 0.3) is 0 Å². The summed E-state index contributed by atoms with van der Waals surface area (Å²) in [5.41, 5.74) is 4.24. The summed E-state index contributed by atoms with van der Waals surface area (Å²) in [6, 6.07) is 18.3. The van der Waals surface area contributed by atoms with Gasteiger partial charge in [-0.15, -0.1) is 0 Å². The monoisotopic (exact) mass is 539 g/mol. The van der Waals surface area contributed by atoms with Crippen molar-refractivity contribution in [3.8, 4) is 17.2 Å². The highest BCUT2D eigenvalue weighted by molar-refractivity contribution is 7.92. The lowest BCUT2D eigenvalue weighted by molar-refractivity contribution is -0.119. The Balaban J connectivity index is 1.82. The number of hydrazone groups is 1. The van der Waals surface area contributed by atoms with Gasteiger partial charge in [0.25, 0.3) is 15.9 Å². The van der Waals surface area contributed by atoms with Gasteiger partial charge in [0.1, 0.15) is 12.3 Å². The second-order valence-corrected chi connectivity index (χ2v) is 10.1. The van der Waals surface area contributed by atoms with E-state index in [-0.39, 0.29) is 10.6 Å². The molecule has 38 heavy (non-hydrogen) atoms. The van der Waals surface area contributed by atoms with Crippen molar-refractivity contribution in [1.29, 1.82) is 0 Å². The first-order valence-corrected chi connectivity index (χ1v) is 13.7. The molecule has 10 heteroatoms. The van der Waals surface area contributed by atoms with Crippen LogP contribution in [0.15, 0.2) is 76.7 Å². The van der Waals surface area contributed by atoms with Gasteiger partial charge in [-0.1, -0.05) is 36.8 Å². The van der Waals surface area contributed by atoms with E-state index in [4.69, 9.17) is 14.2 Å². The summed E-state index contributed by atoms with van der Waals surface area (Å²) in [7, 11) is -2.65. The number of benzene rings is 3. The van der Waals surface area contributed by atoms with E-state index in [0.29, 0.717) is 36.0 Å². The highest BCUT2D eigenvalue weighted by atomic mass is 32.2. The van der Waals surface area contributed by atoms with Crippen LogP contribution in [0.4, 0.5) is 5.69 Å². The number of carbonyl (C=O) groups is 1. The van der Waals surface area contributed by atoms with Crippen LogP contribution < -0.4 is 23.9 Å². The van der Waals surface area contributed by atoms with E-state index in [9.17, 15) is 13.2 Å². The minimum absolute atomic E-state index is 0.0548. The Bertz CT molecular complexity index is 1360. The Hall–Kier alpha value is -4.05. The topological polar surface area (TPSA) is 107 Å². The zero-order chi connectivity index (χ0) is 27.5. The molecule has 0 saturated heterocycles. The van der Waals surface area contributed by atoms with Crippen molar-refractivity contribution in [2.24, 2.45) is 5.10 Å². The fourth-order valence-electron chi connectivity index (χ4n) is 3.52. The molecule has 1 N–H and O–H groups in total. The van der Waals surface area contributed by atoms with Crippen LogP contribution in [0.1, 0.15) is 31.4 Å². The van der Waals surface area contributed by atoms with Crippen LogP contribution in [-0.2, 0) is 14.8 Å². The lowest BCUT2D eigenvalue weighted by Crippen LogP contribution is -2.39. The van der Waals surface area contributed by atoms with E-state index in [1.54, 1.807) is 54.6 Å². The molecule has 3 aromatic rings. The van der Waals surface area contributed by atoms with Crippen molar-refractivity contribution in [3.63, 3.8) is 0 Å². The molecule has 1 amide bonds. The summed E-state index contributed by atoms with van der Waals surface area (Å²) in [6.45, 7) is 6.28. The van der Waals surface area contributed by atoms with Gasteiger partial charge in [-0.3, -0.25) is 9.10 Å². The Kier molecular flexibility index (Phi) is 10.1. The third-order valence-electron chi connectivity index (χ3n) is 5.38. The molecule has 202 valence electrons. The van der Waals surface area contributed by atoms with Gasteiger partial charge < -0.3 is 14.2 Å². The maximum atomic E-state index is 13.6. The van der Waals surface area contributed by atoms with Gasteiger partial charge in [0.05, 0.1) is 37.1 Å². The molecule has 0 radical (unpaired) electrons. The number of amides is 1. The van der Waals surface area contributed by atoms with Crippen LogP contribution in [-0.4, -0.2) is 47.4 Å². The van der Waals surface area contributed by atoms with Crippen molar-refractivity contribution < 1.29 is 27.4 Å². The molecule has 9 nitrogen and oxygen atoms in total. The highest BCUT2D eigenvalue weighted by Crippen LogP contribution is 2.32. The molecule has 0 heterocycles. The number of nitrogens with one attached hydrogen (secondary N) is 1. The predicted molar refractivity (Wildman–Crippen MR) is 148 cm³/mol. The molecule has 0 fully saturated rings. The van der Waals surface area contributed by atoms with Gasteiger partial charge in [-0.25, -0.2) is 13.8 Å². The molecular formula is C28H33N3O6S. The van der Waals surface area contributed by atoms with Crippen LogP contribution in [0, 0.1) is 6.92 Å². The number of para-hydroxylation sites is 2. The average Bonchev–Trinajstić information content (AvgIpc) is 2.91. The number of anilines is 1. The van der Waals surface area contributed by atoms with Gasteiger partial charge in [0, 0.05) is 0 Å². The maximum Gasteiger partial charge on any atom is 0.264 e. The van der Waals surface area contributed by atoms with Crippen molar-refractivity contribution >= 4 is 27.8 Å². The Morgan fingerprint density at radius 2 is 1.71 bits per heavy atom. The SMILES string of the molecule is CCCOc1ccc(/C=N\NC(=O)CN(c2ccccc2OC)S(=O)(=O)c2ccc(C)cc2)cc1OCC. The number of sulfonamides is 1. The molecule has 0 unspecified atom stereocenters. The molecule has 3 aromatic carbocycles. The summed E-state index contributed by atoms with van der Waals surface area (Å²) in [4.78, 5) is 12.9. The highest BCUT2D eigenvalue weighted by Gasteiger charge is 2.29. The van der Waals surface area contributed by atoms with Gasteiger partial charge in [-0.05, 0) is 68.3 Å². The van der Waals surface area contributed by atoms with Crippen LogP contribution in [0.2, 0.25) is 0 Å². The number of aryl methyl sites for hydroxylation is 1. The lowest BCUT2D eigenvalue weighted by Gasteiger charge is -2.25. The van der Waals surface area contributed by atoms with E-state index in [1.165, 1.54) is 25.5 Å². The molecule has 0 atom stereocenters. The second-order valence-electron chi connectivity index (χ2n) is 8.28. The number of nitrogens with zero attached hydrogens (tertiary/aromatic N) is 2. The Morgan fingerprint density at radius 1 is 0.974 bits per heavy atom. The number of ether oxygens (including phenoxy) is 3. The first-order valence-electron chi connectivity index (χ1n) is 12.2. The molecule has 0 aliphatic rings. The minimum atomic E-state index is -4.09. The third kappa shape index (κ3) is 7.25. The molecule has 0 aromatic heterocycles.